The van der Waals surface area contributed by atoms with Crippen LogP contribution >= 0.6 is 23.8 Å². The molecule has 0 spiro atoms. The van der Waals surface area contributed by atoms with Crippen LogP contribution in [0.3, 0.4) is 0 Å². The molecule has 0 aromatic heterocycles. The van der Waals surface area contributed by atoms with Crippen molar-refractivity contribution in [3.05, 3.63) is 71.8 Å². The van der Waals surface area contributed by atoms with E-state index in [4.69, 9.17) is 28.6 Å². The zero-order valence-corrected chi connectivity index (χ0v) is 13.8. The van der Waals surface area contributed by atoms with Gasteiger partial charge >= 0.3 is 0 Å². The van der Waals surface area contributed by atoms with E-state index in [1.54, 1.807) is 42.5 Å². The van der Waals surface area contributed by atoms with Crippen molar-refractivity contribution in [1.29, 1.82) is 0 Å². The Hall–Kier alpha value is -2.37. The van der Waals surface area contributed by atoms with Crippen molar-refractivity contribution >= 4 is 40.5 Å². The molecule has 0 radical (unpaired) electrons. The number of ether oxygens (including phenoxy) is 1. The number of amides is 1. The summed E-state index contributed by atoms with van der Waals surface area (Å²) in [5.74, 6) is 0.235. The van der Waals surface area contributed by atoms with Gasteiger partial charge in [0.2, 0.25) is 0 Å². The molecule has 6 heteroatoms. The lowest BCUT2D eigenvalue weighted by Crippen LogP contribution is -2.34. The van der Waals surface area contributed by atoms with E-state index >= 15 is 0 Å². The number of hydrogen-bond acceptors (Lipinski definition) is 3. The van der Waals surface area contributed by atoms with Crippen molar-refractivity contribution in [2.45, 2.75) is 0 Å². The molecule has 0 saturated heterocycles. The van der Waals surface area contributed by atoms with Gasteiger partial charge in [-0.3, -0.25) is 10.1 Å². The average molecular weight is 347 g/mol. The summed E-state index contributed by atoms with van der Waals surface area (Å²) >= 11 is 11.2. The number of hydrogen-bond donors (Lipinski definition) is 2. The van der Waals surface area contributed by atoms with Gasteiger partial charge in [0.15, 0.2) is 5.11 Å². The number of benzene rings is 2. The van der Waals surface area contributed by atoms with Crippen LogP contribution in [0.4, 0.5) is 5.69 Å². The molecule has 2 aromatic carbocycles. The van der Waals surface area contributed by atoms with Gasteiger partial charge in [0.1, 0.15) is 12.4 Å². The van der Waals surface area contributed by atoms with E-state index in [-0.39, 0.29) is 11.0 Å². The van der Waals surface area contributed by atoms with Gasteiger partial charge in [-0.2, -0.15) is 0 Å². The van der Waals surface area contributed by atoms with Crippen LogP contribution in [0.1, 0.15) is 10.4 Å². The Morgan fingerprint density at radius 1 is 1.22 bits per heavy atom. The van der Waals surface area contributed by atoms with Crippen LogP contribution in [0.2, 0.25) is 5.02 Å². The Morgan fingerprint density at radius 2 is 1.91 bits per heavy atom. The van der Waals surface area contributed by atoms with E-state index in [2.05, 4.69) is 17.2 Å². The Kier molecular flexibility index (Phi) is 6.14. The summed E-state index contributed by atoms with van der Waals surface area (Å²) in [5.41, 5.74) is 1.01. The summed E-state index contributed by atoms with van der Waals surface area (Å²) in [6, 6.07) is 14.0. The predicted octanol–water partition coefficient (Wildman–Crippen LogP) is 4.03. The van der Waals surface area contributed by atoms with Crippen molar-refractivity contribution in [1.82, 2.24) is 5.32 Å². The molecule has 2 aromatic rings. The van der Waals surface area contributed by atoms with E-state index in [1.165, 1.54) is 0 Å². The molecule has 0 aliphatic heterocycles. The fourth-order valence-electron chi connectivity index (χ4n) is 1.81. The van der Waals surface area contributed by atoms with Crippen molar-refractivity contribution in [3.63, 3.8) is 0 Å². The van der Waals surface area contributed by atoms with E-state index in [1.807, 2.05) is 12.1 Å². The highest BCUT2D eigenvalue weighted by Gasteiger charge is 2.12. The predicted molar refractivity (Wildman–Crippen MR) is 97.3 cm³/mol. The molecule has 0 atom stereocenters. The molecule has 0 fully saturated rings. The highest BCUT2D eigenvalue weighted by molar-refractivity contribution is 7.80. The fourth-order valence-corrected chi connectivity index (χ4v) is 2.24. The first-order valence-electron chi connectivity index (χ1n) is 6.81. The maximum absolute atomic E-state index is 12.2. The van der Waals surface area contributed by atoms with Crippen molar-refractivity contribution in [2.24, 2.45) is 0 Å². The molecule has 23 heavy (non-hydrogen) atoms. The summed E-state index contributed by atoms with van der Waals surface area (Å²) in [7, 11) is 0. The van der Waals surface area contributed by atoms with E-state index in [0.717, 1.165) is 0 Å². The first-order valence-corrected chi connectivity index (χ1v) is 7.60. The summed E-state index contributed by atoms with van der Waals surface area (Å²) in [4.78, 5) is 12.2. The lowest BCUT2D eigenvalue weighted by atomic mass is 10.2. The van der Waals surface area contributed by atoms with Crippen LogP contribution in [0.25, 0.3) is 0 Å². The molecular formula is C17H15ClN2O2S. The second kappa shape index (κ2) is 8.31. The normalized spacial score (nSPS) is 9.78. The maximum atomic E-state index is 12.2. The Balaban J connectivity index is 2.04. The zero-order chi connectivity index (χ0) is 16.7. The number of carbonyl (C=O) groups excluding carboxylic acids is 1. The number of anilines is 1. The summed E-state index contributed by atoms with van der Waals surface area (Å²) in [6.07, 6.45) is 1.65. The molecule has 0 bridgehead atoms. The highest BCUT2D eigenvalue weighted by atomic mass is 35.5. The lowest BCUT2D eigenvalue weighted by molar-refractivity contribution is 0.0978. The second-order valence-electron chi connectivity index (χ2n) is 4.48. The van der Waals surface area contributed by atoms with Crippen molar-refractivity contribution < 1.29 is 9.53 Å². The van der Waals surface area contributed by atoms with Gasteiger partial charge in [0, 0.05) is 0 Å². The minimum Gasteiger partial charge on any atom is -0.487 e. The smallest absolute Gasteiger partial charge is 0.258 e. The summed E-state index contributed by atoms with van der Waals surface area (Å²) < 4.78 is 5.52. The van der Waals surface area contributed by atoms with Crippen LogP contribution in [-0.4, -0.2) is 17.6 Å². The van der Waals surface area contributed by atoms with Crippen LogP contribution in [0.15, 0.2) is 61.2 Å². The number of carbonyl (C=O) groups is 1. The largest absolute Gasteiger partial charge is 0.487 e. The molecule has 2 rings (SSSR count). The maximum Gasteiger partial charge on any atom is 0.258 e. The molecule has 4 nitrogen and oxygen atoms in total. The van der Waals surface area contributed by atoms with Gasteiger partial charge in [0.05, 0.1) is 16.3 Å². The van der Waals surface area contributed by atoms with Gasteiger partial charge in [-0.05, 0) is 36.5 Å². The number of para-hydroxylation sites is 2. The Bertz CT molecular complexity index is 734. The van der Waals surface area contributed by atoms with E-state index in [0.29, 0.717) is 28.6 Å². The summed E-state index contributed by atoms with van der Waals surface area (Å²) in [5, 5.41) is 6.05. The third kappa shape index (κ3) is 4.81. The molecule has 0 aliphatic rings. The van der Waals surface area contributed by atoms with Gasteiger partial charge in [-0.1, -0.05) is 48.5 Å². The molecule has 0 unspecified atom stereocenters. The number of thiocarbonyl (C=S) groups is 1. The standard InChI is InChI=1S/C17H15ClN2O2S/c1-2-11-22-15-10-6-5-9-14(15)19-17(23)20-16(21)12-7-3-4-8-13(12)18/h2-10H,1,11H2,(H2,19,20,21,23). The molecule has 1 amide bonds. The van der Waals surface area contributed by atoms with E-state index < -0.39 is 0 Å². The number of nitrogens with one attached hydrogen (secondary N) is 2. The first-order chi connectivity index (χ1) is 11.1. The molecular weight excluding hydrogens is 332 g/mol. The number of halogens is 1. The molecule has 0 heterocycles. The summed E-state index contributed by atoms with van der Waals surface area (Å²) in [6.45, 7) is 3.98. The Labute approximate surface area is 145 Å². The van der Waals surface area contributed by atoms with Crippen LogP contribution < -0.4 is 15.4 Å². The van der Waals surface area contributed by atoms with Gasteiger partial charge in [-0.25, -0.2) is 0 Å². The van der Waals surface area contributed by atoms with E-state index in [9.17, 15) is 4.79 Å². The monoisotopic (exact) mass is 346 g/mol. The Morgan fingerprint density at radius 3 is 2.65 bits per heavy atom. The van der Waals surface area contributed by atoms with Gasteiger partial charge in [-0.15, -0.1) is 0 Å². The average Bonchev–Trinajstić information content (AvgIpc) is 2.54. The third-order valence-electron chi connectivity index (χ3n) is 2.84. The fraction of sp³-hybridized carbons (Fsp3) is 0.0588. The SMILES string of the molecule is C=CCOc1ccccc1NC(=S)NC(=O)c1ccccc1Cl. The number of rotatable bonds is 5. The minimum atomic E-state index is -0.377. The molecule has 0 aliphatic carbocycles. The van der Waals surface area contributed by atoms with Crippen LogP contribution in [-0.2, 0) is 0 Å². The van der Waals surface area contributed by atoms with Crippen molar-refractivity contribution in [2.75, 3.05) is 11.9 Å². The topological polar surface area (TPSA) is 50.4 Å². The molecule has 118 valence electrons. The highest BCUT2D eigenvalue weighted by Crippen LogP contribution is 2.23. The first kappa shape index (κ1) is 17.0. The van der Waals surface area contributed by atoms with Gasteiger partial charge < -0.3 is 10.1 Å². The second-order valence-corrected chi connectivity index (χ2v) is 5.30. The third-order valence-corrected chi connectivity index (χ3v) is 3.37. The van der Waals surface area contributed by atoms with Crippen LogP contribution in [0, 0.1) is 0 Å². The molecule has 0 saturated carbocycles. The quantitative estimate of drug-likeness (QED) is 0.634. The van der Waals surface area contributed by atoms with Gasteiger partial charge in [0.25, 0.3) is 5.91 Å². The van der Waals surface area contributed by atoms with Crippen LogP contribution in [0.5, 0.6) is 5.75 Å². The zero-order valence-electron chi connectivity index (χ0n) is 12.2. The minimum absolute atomic E-state index is 0.157. The molecule has 2 N–H and O–H groups in total. The lowest BCUT2D eigenvalue weighted by Gasteiger charge is -2.13. The van der Waals surface area contributed by atoms with Crippen molar-refractivity contribution in [3.8, 4) is 5.75 Å².